The van der Waals surface area contributed by atoms with E-state index in [0.29, 0.717) is 19.7 Å². The van der Waals surface area contributed by atoms with Gasteiger partial charge in [-0.05, 0) is 74.9 Å². The molecule has 34 heavy (non-hydrogen) atoms. The van der Waals surface area contributed by atoms with Gasteiger partial charge in [-0.3, -0.25) is 14.5 Å². The zero-order valence-electron chi connectivity index (χ0n) is 20.3. The number of hydrogen-bond acceptors (Lipinski definition) is 4. The Morgan fingerprint density at radius 3 is 2.65 bits per heavy atom. The summed E-state index contributed by atoms with van der Waals surface area (Å²) in [5.41, 5.74) is 2.94. The van der Waals surface area contributed by atoms with Crippen LogP contribution in [0.4, 0.5) is 5.69 Å². The Hall–Kier alpha value is -2.86. The van der Waals surface area contributed by atoms with Gasteiger partial charge in [-0.25, -0.2) is 0 Å². The number of fused-ring (bicyclic) bond motifs is 1. The number of hydrogen-bond donors (Lipinski definition) is 2. The van der Waals surface area contributed by atoms with Gasteiger partial charge >= 0.3 is 0 Å². The molecule has 4 rings (SSSR count). The summed E-state index contributed by atoms with van der Waals surface area (Å²) in [5.74, 6) is 1.09. The maximum Gasteiger partial charge on any atom is 0.238 e. The number of rotatable bonds is 4. The number of ether oxygens (including phenoxy) is 1. The molecular weight excluding hydrogens is 426 g/mol. The van der Waals surface area contributed by atoms with Crippen LogP contribution in [0.5, 0.6) is 5.75 Å². The number of likely N-dealkylation sites (tertiary alicyclic amines) is 1. The minimum absolute atomic E-state index is 0.0100. The first-order chi connectivity index (χ1) is 16.6. The van der Waals surface area contributed by atoms with Crippen molar-refractivity contribution in [1.29, 1.82) is 0 Å². The van der Waals surface area contributed by atoms with Gasteiger partial charge in [-0.1, -0.05) is 49.7 Å². The number of carbonyl (C=O) groups is 2. The van der Waals surface area contributed by atoms with Crippen LogP contribution in [0, 0.1) is 5.41 Å². The Labute approximate surface area is 203 Å². The second kappa shape index (κ2) is 11.5. The van der Waals surface area contributed by atoms with E-state index in [0.717, 1.165) is 75.0 Å². The SMILES string of the molecule is CCc1ccccc1NC(=O)CN1CCC2(CCCCc3ccccc3OCCNC2=O)CC1. The van der Waals surface area contributed by atoms with E-state index in [1.165, 1.54) is 5.56 Å². The van der Waals surface area contributed by atoms with Crippen LogP contribution >= 0.6 is 0 Å². The fraction of sp³-hybridized carbons (Fsp3) is 0.500. The highest BCUT2D eigenvalue weighted by atomic mass is 16.5. The molecule has 0 aromatic heterocycles. The van der Waals surface area contributed by atoms with Crippen LogP contribution in [0.25, 0.3) is 0 Å². The fourth-order valence-corrected chi connectivity index (χ4v) is 5.22. The first-order valence-electron chi connectivity index (χ1n) is 12.7. The van der Waals surface area contributed by atoms with E-state index >= 15 is 0 Å². The molecule has 6 heteroatoms. The molecule has 6 nitrogen and oxygen atoms in total. The molecular formula is C28H37N3O3. The Kier molecular flexibility index (Phi) is 8.22. The normalized spacial score (nSPS) is 19.1. The molecule has 2 aliphatic rings. The third kappa shape index (κ3) is 5.98. The molecule has 2 aromatic rings. The lowest BCUT2D eigenvalue weighted by atomic mass is 9.73. The van der Waals surface area contributed by atoms with Crippen LogP contribution in [0.15, 0.2) is 48.5 Å². The van der Waals surface area contributed by atoms with E-state index in [1.54, 1.807) is 0 Å². The maximum absolute atomic E-state index is 13.2. The van der Waals surface area contributed by atoms with Crippen molar-refractivity contribution in [1.82, 2.24) is 10.2 Å². The molecule has 0 atom stereocenters. The van der Waals surface area contributed by atoms with E-state index in [9.17, 15) is 9.59 Å². The number of nitrogens with zero attached hydrogens (tertiary/aromatic N) is 1. The minimum Gasteiger partial charge on any atom is -0.491 e. The van der Waals surface area contributed by atoms with E-state index in [2.05, 4.69) is 34.6 Å². The zero-order valence-corrected chi connectivity index (χ0v) is 20.3. The second-order valence-electron chi connectivity index (χ2n) is 9.53. The molecule has 1 saturated heterocycles. The molecule has 0 aliphatic carbocycles. The third-order valence-electron chi connectivity index (χ3n) is 7.30. The predicted octanol–water partition coefficient (Wildman–Crippen LogP) is 4.19. The van der Waals surface area contributed by atoms with Crippen LogP contribution in [0.1, 0.15) is 50.2 Å². The Morgan fingerprint density at radius 2 is 1.82 bits per heavy atom. The van der Waals surface area contributed by atoms with Gasteiger partial charge in [-0.2, -0.15) is 0 Å². The summed E-state index contributed by atoms with van der Waals surface area (Å²) in [5, 5.41) is 6.20. The van der Waals surface area contributed by atoms with Crippen molar-refractivity contribution in [2.75, 3.05) is 38.1 Å². The average Bonchev–Trinajstić information content (AvgIpc) is 2.85. The van der Waals surface area contributed by atoms with Crippen LogP contribution < -0.4 is 15.4 Å². The van der Waals surface area contributed by atoms with Crippen molar-refractivity contribution in [2.45, 2.75) is 51.9 Å². The Bertz CT molecular complexity index is 982. The Morgan fingerprint density at radius 1 is 1.06 bits per heavy atom. The number of nitrogens with one attached hydrogen (secondary N) is 2. The van der Waals surface area contributed by atoms with Crippen molar-refractivity contribution in [3.8, 4) is 5.75 Å². The molecule has 0 radical (unpaired) electrons. The monoisotopic (exact) mass is 463 g/mol. The molecule has 2 aromatic carbocycles. The summed E-state index contributed by atoms with van der Waals surface area (Å²) in [6.45, 7) is 4.96. The number of amides is 2. The molecule has 2 heterocycles. The number of aryl methyl sites for hydroxylation is 2. The standard InChI is InChI=1S/C28H37N3O3/c1-2-22-9-3-5-12-24(22)30-26(32)21-31-18-15-28(16-19-31)14-8-7-11-23-10-4-6-13-25(23)34-20-17-29-27(28)33/h3-6,9-10,12-13H,2,7-8,11,14-21H2,1H3,(H,29,33)(H,30,32). The molecule has 2 N–H and O–H groups in total. The van der Waals surface area contributed by atoms with E-state index in [-0.39, 0.29) is 17.2 Å². The van der Waals surface area contributed by atoms with Gasteiger partial charge in [0.15, 0.2) is 0 Å². The topological polar surface area (TPSA) is 70.7 Å². The largest absolute Gasteiger partial charge is 0.491 e. The molecule has 0 bridgehead atoms. The highest BCUT2D eigenvalue weighted by molar-refractivity contribution is 5.93. The van der Waals surface area contributed by atoms with Crippen molar-refractivity contribution < 1.29 is 14.3 Å². The first kappa shape index (κ1) is 24.3. The van der Waals surface area contributed by atoms with Gasteiger partial charge in [0.2, 0.25) is 11.8 Å². The van der Waals surface area contributed by atoms with Crippen LogP contribution in [-0.4, -0.2) is 49.5 Å². The molecule has 0 unspecified atom stereocenters. The van der Waals surface area contributed by atoms with Gasteiger partial charge in [-0.15, -0.1) is 0 Å². The van der Waals surface area contributed by atoms with E-state index in [4.69, 9.17) is 4.74 Å². The summed E-state index contributed by atoms with van der Waals surface area (Å²) in [4.78, 5) is 28.1. The van der Waals surface area contributed by atoms with Crippen molar-refractivity contribution in [2.24, 2.45) is 5.41 Å². The quantitative estimate of drug-likeness (QED) is 0.713. The number of piperidine rings is 1. The molecule has 0 saturated carbocycles. The van der Waals surface area contributed by atoms with Gasteiger partial charge in [0, 0.05) is 5.69 Å². The maximum atomic E-state index is 13.2. The van der Waals surface area contributed by atoms with Gasteiger partial charge in [0.1, 0.15) is 12.4 Å². The molecule has 182 valence electrons. The summed E-state index contributed by atoms with van der Waals surface area (Å²) < 4.78 is 5.94. The molecule has 2 amide bonds. The van der Waals surface area contributed by atoms with Crippen molar-refractivity contribution in [3.63, 3.8) is 0 Å². The highest BCUT2D eigenvalue weighted by Crippen LogP contribution is 2.37. The van der Waals surface area contributed by atoms with E-state index < -0.39 is 0 Å². The second-order valence-corrected chi connectivity index (χ2v) is 9.53. The highest BCUT2D eigenvalue weighted by Gasteiger charge is 2.41. The summed E-state index contributed by atoms with van der Waals surface area (Å²) in [7, 11) is 0. The average molecular weight is 464 g/mol. The number of anilines is 1. The number of carbonyl (C=O) groups excluding carboxylic acids is 2. The minimum atomic E-state index is -0.347. The first-order valence-corrected chi connectivity index (χ1v) is 12.7. The van der Waals surface area contributed by atoms with Crippen molar-refractivity contribution in [3.05, 3.63) is 59.7 Å². The van der Waals surface area contributed by atoms with Gasteiger partial charge < -0.3 is 15.4 Å². The third-order valence-corrected chi connectivity index (χ3v) is 7.30. The zero-order chi connectivity index (χ0) is 23.8. The predicted molar refractivity (Wildman–Crippen MR) is 135 cm³/mol. The summed E-state index contributed by atoms with van der Waals surface area (Å²) in [6.07, 6.45) is 6.37. The molecule has 1 spiro atoms. The van der Waals surface area contributed by atoms with Gasteiger partial charge in [0.05, 0.1) is 18.5 Å². The molecule has 2 aliphatic heterocycles. The summed E-state index contributed by atoms with van der Waals surface area (Å²) >= 11 is 0. The lowest BCUT2D eigenvalue weighted by molar-refractivity contribution is -0.135. The number of benzene rings is 2. The summed E-state index contributed by atoms with van der Waals surface area (Å²) in [6, 6.07) is 16.2. The van der Waals surface area contributed by atoms with Crippen LogP contribution in [-0.2, 0) is 22.4 Å². The Balaban J connectivity index is 1.33. The fourth-order valence-electron chi connectivity index (χ4n) is 5.22. The smallest absolute Gasteiger partial charge is 0.238 e. The van der Waals surface area contributed by atoms with Gasteiger partial charge in [0.25, 0.3) is 0 Å². The van der Waals surface area contributed by atoms with Crippen LogP contribution in [0.2, 0.25) is 0 Å². The number of para-hydroxylation sites is 2. The van der Waals surface area contributed by atoms with Crippen molar-refractivity contribution >= 4 is 17.5 Å². The van der Waals surface area contributed by atoms with E-state index in [1.807, 2.05) is 36.4 Å². The lowest BCUT2D eigenvalue weighted by Crippen LogP contribution is -2.50. The van der Waals surface area contributed by atoms with Crippen LogP contribution in [0.3, 0.4) is 0 Å². The molecule has 1 fully saturated rings. The lowest BCUT2D eigenvalue weighted by Gasteiger charge is -2.40.